The molecule has 0 radical (unpaired) electrons. The van der Waals surface area contributed by atoms with Crippen LogP contribution >= 0.6 is 0 Å². The highest BCUT2D eigenvalue weighted by atomic mass is 16.5. The van der Waals surface area contributed by atoms with Gasteiger partial charge in [0.05, 0.1) is 11.9 Å². The van der Waals surface area contributed by atoms with Crippen molar-refractivity contribution in [2.24, 2.45) is 0 Å². The van der Waals surface area contributed by atoms with Gasteiger partial charge in [0.25, 0.3) is 0 Å². The Balaban J connectivity index is 0.000000230. The van der Waals surface area contributed by atoms with Crippen LogP contribution in [0.15, 0.2) is 66.9 Å². The zero-order chi connectivity index (χ0) is 21.6. The molecule has 1 N–H and O–H groups in total. The zero-order valence-corrected chi connectivity index (χ0v) is 17.6. The van der Waals surface area contributed by atoms with Gasteiger partial charge in [-0.05, 0) is 42.7 Å². The van der Waals surface area contributed by atoms with Crippen LogP contribution in [0.4, 0.5) is 0 Å². The summed E-state index contributed by atoms with van der Waals surface area (Å²) in [4.78, 5) is 11.9. The molecule has 0 fully saturated rings. The third-order valence-electron chi connectivity index (χ3n) is 4.56. The van der Waals surface area contributed by atoms with Crippen LogP contribution in [0.2, 0.25) is 0 Å². The SMILES string of the molecule is CCCCCC(CC)OC(=O)c1ccccc1O.c1ccc(-c2ccnnn2)cc1. The molecule has 0 amide bonds. The maximum atomic E-state index is 11.9. The second-order valence-corrected chi connectivity index (χ2v) is 6.82. The van der Waals surface area contributed by atoms with Gasteiger partial charge in [-0.1, -0.05) is 69.2 Å². The summed E-state index contributed by atoms with van der Waals surface area (Å²) in [5.41, 5.74) is 2.16. The highest BCUT2D eigenvalue weighted by Crippen LogP contribution is 2.19. The fourth-order valence-corrected chi connectivity index (χ4v) is 2.83. The molecular formula is C24H29N3O3. The number of rotatable bonds is 8. The minimum absolute atomic E-state index is 0.0223. The molecule has 0 aliphatic rings. The summed E-state index contributed by atoms with van der Waals surface area (Å²) in [7, 11) is 0. The molecule has 1 aromatic heterocycles. The van der Waals surface area contributed by atoms with Gasteiger partial charge in [0.1, 0.15) is 17.4 Å². The van der Waals surface area contributed by atoms with Gasteiger partial charge in [0.2, 0.25) is 0 Å². The van der Waals surface area contributed by atoms with Gasteiger partial charge in [-0.2, -0.15) is 0 Å². The molecule has 30 heavy (non-hydrogen) atoms. The van der Waals surface area contributed by atoms with Gasteiger partial charge >= 0.3 is 5.97 Å². The van der Waals surface area contributed by atoms with Gasteiger partial charge in [-0.15, -0.1) is 10.2 Å². The molecule has 6 heteroatoms. The Bertz CT molecular complexity index is 836. The molecule has 1 atom stereocenters. The Labute approximate surface area is 178 Å². The number of para-hydroxylation sites is 1. The van der Waals surface area contributed by atoms with Crippen molar-refractivity contribution in [2.75, 3.05) is 0 Å². The predicted molar refractivity (Wildman–Crippen MR) is 117 cm³/mol. The second-order valence-electron chi connectivity index (χ2n) is 6.82. The zero-order valence-electron chi connectivity index (χ0n) is 17.6. The average Bonchev–Trinajstić information content (AvgIpc) is 2.80. The van der Waals surface area contributed by atoms with Crippen molar-refractivity contribution in [3.05, 3.63) is 72.4 Å². The first-order valence-electron chi connectivity index (χ1n) is 10.3. The number of ether oxygens (including phenoxy) is 1. The molecule has 158 valence electrons. The van der Waals surface area contributed by atoms with Gasteiger partial charge in [-0.25, -0.2) is 4.79 Å². The van der Waals surface area contributed by atoms with E-state index in [9.17, 15) is 9.90 Å². The van der Waals surface area contributed by atoms with E-state index in [0.717, 1.165) is 43.4 Å². The summed E-state index contributed by atoms with van der Waals surface area (Å²) in [5.74, 6) is -0.456. The van der Waals surface area contributed by atoms with Gasteiger partial charge in [0, 0.05) is 5.56 Å². The fourth-order valence-electron chi connectivity index (χ4n) is 2.83. The van der Waals surface area contributed by atoms with Crippen LogP contribution in [0.3, 0.4) is 0 Å². The number of benzene rings is 2. The second kappa shape index (κ2) is 13.0. The van der Waals surface area contributed by atoms with Crippen molar-refractivity contribution in [3.8, 4) is 17.0 Å². The summed E-state index contributed by atoms with van der Waals surface area (Å²) in [6.07, 6.45) is 6.67. The quantitative estimate of drug-likeness (QED) is 0.395. The topological polar surface area (TPSA) is 85.2 Å². The number of hydrogen-bond acceptors (Lipinski definition) is 6. The Morgan fingerprint density at radius 3 is 2.37 bits per heavy atom. The standard InChI is InChI=1S/C15H22O3.C9H7N3/c1-3-5-6-9-12(4-2)18-15(17)13-10-7-8-11-14(13)16;1-2-4-8(5-3-1)9-6-7-10-12-11-9/h7-8,10-12,16H,3-6,9H2,1-2H3;1-7H. The van der Waals surface area contributed by atoms with E-state index in [1.807, 2.05) is 43.3 Å². The minimum Gasteiger partial charge on any atom is -0.507 e. The molecule has 6 nitrogen and oxygen atoms in total. The lowest BCUT2D eigenvalue weighted by atomic mass is 10.1. The summed E-state index contributed by atoms with van der Waals surface area (Å²) >= 11 is 0. The molecule has 1 unspecified atom stereocenters. The van der Waals surface area contributed by atoms with Crippen LogP contribution in [-0.2, 0) is 4.74 Å². The molecule has 0 aliphatic carbocycles. The van der Waals surface area contributed by atoms with E-state index in [1.165, 1.54) is 6.07 Å². The van der Waals surface area contributed by atoms with Crippen LogP contribution in [-0.4, -0.2) is 32.6 Å². The molecule has 0 saturated carbocycles. The molecular weight excluding hydrogens is 378 g/mol. The monoisotopic (exact) mass is 407 g/mol. The number of unbranched alkanes of at least 4 members (excludes halogenated alkanes) is 2. The summed E-state index contributed by atoms with van der Waals surface area (Å²) in [6, 6.07) is 18.2. The summed E-state index contributed by atoms with van der Waals surface area (Å²) < 4.78 is 5.41. The highest BCUT2D eigenvalue weighted by molar-refractivity contribution is 5.92. The van der Waals surface area contributed by atoms with E-state index in [1.54, 1.807) is 24.4 Å². The van der Waals surface area contributed by atoms with E-state index in [0.29, 0.717) is 0 Å². The predicted octanol–water partition coefficient (Wildman–Crippen LogP) is 5.45. The Kier molecular flexibility index (Phi) is 10.00. The molecule has 3 aromatic rings. The molecule has 0 saturated heterocycles. The minimum atomic E-state index is -0.434. The lowest BCUT2D eigenvalue weighted by molar-refractivity contribution is 0.0264. The number of esters is 1. The number of carbonyl (C=O) groups is 1. The maximum Gasteiger partial charge on any atom is 0.342 e. The first-order valence-corrected chi connectivity index (χ1v) is 10.3. The van der Waals surface area contributed by atoms with Crippen LogP contribution in [0, 0.1) is 0 Å². The number of nitrogens with zero attached hydrogens (tertiary/aromatic N) is 3. The smallest absolute Gasteiger partial charge is 0.342 e. The van der Waals surface area contributed by atoms with Crippen LogP contribution in [0.1, 0.15) is 56.3 Å². The van der Waals surface area contributed by atoms with E-state index in [4.69, 9.17) is 4.74 Å². The Morgan fingerprint density at radius 2 is 1.73 bits per heavy atom. The lowest BCUT2D eigenvalue weighted by Gasteiger charge is -2.16. The normalized spacial score (nSPS) is 11.1. The number of phenolic OH excluding ortho intramolecular Hbond substituents is 1. The van der Waals surface area contributed by atoms with Gasteiger partial charge in [-0.3, -0.25) is 0 Å². The van der Waals surface area contributed by atoms with Crippen molar-refractivity contribution in [1.82, 2.24) is 15.4 Å². The van der Waals surface area contributed by atoms with Crippen molar-refractivity contribution < 1.29 is 14.6 Å². The Morgan fingerprint density at radius 1 is 1.00 bits per heavy atom. The third-order valence-corrected chi connectivity index (χ3v) is 4.56. The van der Waals surface area contributed by atoms with Crippen molar-refractivity contribution in [3.63, 3.8) is 0 Å². The average molecular weight is 408 g/mol. The lowest BCUT2D eigenvalue weighted by Crippen LogP contribution is -2.17. The summed E-state index contributed by atoms with van der Waals surface area (Å²) in [6.45, 7) is 4.16. The number of hydrogen-bond donors (Lipinski definition) is 1. The molecule has 0 spiro atoms. The van der Waals surface area contributed by atoms with Crippen molar-refractivity contribution >= 4 is 5.97 Å². The maximum absolute atomic E-state index is 11.9. The first-order chi connectivity index (χ1) is 14.7. The highest BCUT2D eigenvalue weighted by Gasteiger charge is 2.16. The molecule has 0 aliphatic heterocycles. The fraction of sp³-hybridized carbons (Fsp3) is 0.333. The van der Waals surface area contributed by atoms with Crippen molar-refractivity contribution in [2.45, 2.75) is 52.1 Å². The van der Waals surface area contributed by atoms with Gasteiger partial charge in [0.15, 0.2) is 0 Å². The largest absolute Gasteiger partial charge is 0.507 e. The molecule has 2 aromatic carbocycles. The molecule has 3 rings (SSSR count). The van der Waals surface area contributed by atoms with Crippen LogP contribution < -0.4 is 0 Å². The van der Waals surface area contributed by atoms with E-state index >= 15 is 0 Å². The van der Waals surface area contributed by atoms with E-state index in [-0.39, 0.29) is 17.4 Å². The molecule has 0 bridgehead atoms. The molecule has 1 heterocycles. The number of aromatic nitrogens is 3. The van der Waals surface area contributed by atoms with Crippen LogP contribution in [0.5, 0.6) is 5.75 Å². The Hall–Kier alpha value is -3.28. The van der Waals surface area contributed by atoms with Gasteiger partial charge < -0.3 is 9.84 Å². The number of aromatic hydroxyl groups is 1. The number of carbonyl (C=O) groups excluding carboxylic acids is 1. The van der Waals surface area contributed by atoms with E-state index < -0.39 is 5.97 Å². The third kappa shape index (κ3) is 7.62. The van der Waals surface area contributed by atoms with Crippen molar-refractivity contribution in [1.29, 1.82) is 0 Å². The number of phenols is 1. The van der Waals surface area contributed by atoms with Crippen LogP contribution in [0.25, 0.3) is 11.3 Å². The summed E-state index contributed by atoms with van der Waals surface area (Å²) in [5, 5.41) is 20.6. The van der Waals surface area contributed by atoms with E-state index in [2.05, 4.69) is 22.3 Å². The first kappa shape index (κ1) is 23.0.